The van der Waals surface area contributed by atoms with Crippen molar-refractivity contribution in [3.63, 3.8) is 0 Å². The van der Waals surface area contributed by atoms with Crippen molar-refractivity contribution in [2.75, 3.05) is 13.2 Å². The van der Waals surface area contributed by atoms with Gasteiger partial charge in [0.1, 0.15) is 6.29 Å². The zero-order valence-corrected chi connectivity index (χ0v) is 12.4. The van der Waals surface area contributed by atoms with Crippen LogP contribution in [0.5, 0.6) is 0 Å². The Labute approximate surface area is 116 Å². The Hall–Kier alpha value is -0.930. The van der Waals surface area contributed by atoms with Gasteiger partial charge < -0.3 is 9.47 Å². The van der Waals surface area contributed by atoms with Crippen LogP contribution in [0.15, 0.2) is 23.3 Å². The van der Waals surface area contributed by atoms with Crippen molar-refractivity contribution in [3.05, 3.63) is 23.3 Å². The van der Waals surface area contributed by atoms with Crippen LogP contribution in [0.3, 0.4) is 0 Å². The van der Waals surface area contributed by atoms with E-state index in [-0.39, 0.29) is 5.79 Å². The molecule has 1 rings (SSSR count). The topological polar surface area (TPSA) is 35.5 Å². The third kappa shape index (κ3) is 6.69. The molecule has 0 aromatic carbocycles. The van der Waals surface area contributed by atoms with Crippen LogP contribution < -0.4 is 0 Å². The van der Waals surface area contributed by atoms with Crippen molar-refractivity contribution in [3.8, 4) is 0 Å². The van der Waals surface area contributed by atoms with Crippen LogP contribution in [-0.4, -0.2) is 25.3 Å². The lowest BCUT2D eigenvalue weighted by atomic mass is 10.0. The van der Waals surface area contributed by atoms with Crippen molar-refractivity contribution in [1.82, 2.24) is 0 Å². The van der Waals surface area contributed by atoms with Crippen molar-refractivity contribution in [2.24, 2.45) is 0 Å². The molecule has 0 aromatic heterocycles. The van der Waals surface area contributed by atoms with Gasteiger partial charge in [0.05, 0.1) is 13.2 Å². The molecule has 1 aliphatic rings. The minimum Gasteiger partial charge on any atom is -0.348 e. The average molecular weight is 266 g/mol. The predicted octanol–water partition coefficient (Wildman–Crippen LogP) is 3.79. The molecule has 0 unspecified atom stereocenters. The Morgan fingerprint density at radius 2 is 1.79 bits per heavy atom. The smallest absolute Gasteiger partial charge is 0.166 e. The summed E-state index contributed by atoms with van der Waals surface area (Å²) in [6, 6.07) is 0. The van der Waals surface area contributed by atoms with Crippen LogP contribution in [0.2, 0.25) is 0 Å². The van der Waals surface area contributed by atoms with Gasteiger partial charge in [0.2, 0.25) is 0 Å². The molecule has 0 bridgehead atoms. The standard InChI is InChI=1S/C16H26O3/c1-14(6-4-7-15(2)9-11-17)8-5-10-16(3)18-12-13-19-16/h8-9,11H,4-7,10,12-13H2,1-3H3/b14-8+,15-9+. The van der Waals surface area contributed by atoms with E-state index in [1.54, 1.807) is 6.08 Å². The van der Waals surface area contributed by atoms with Gasteiger partial charge in [0.25, 0.3) is 0 Å². The van der Waals surface area contributed by atoms with E-state index in [1.807, 2.05) is 13.8 Å². The first-order valence-electron chi connectivity index (χ1n) is 7.10. The molecule has 0 aliphatic carbocycles. The number of carbonyl (C=O) groups is 1. The van der Waals surface area contributed by atoms with Crippen molar-refractivity contribution >= 4 is 6.29 Å². The lowest BCUT2D eigenvalue weighted by Gasteiger charge is -2.21. The first-order chi connectivity index (χ1) is 9.06. The number of allylic oxidation sites excluding steroid dienone is 4. The van der Waals surface area contributed by atoms with E-state index in [9.17, 15) is 4.79 Å². The van der Waals surface area contributed by atoms with Crippen LogP contribution >= 0.6 is 0 Å². The molecule has 0 amide bonds. The van der Waals surface area contributed by atoms with Gasteiger partial charge in [0, 0.05) is 6.42 Å². The summed E-state index contributed by atoms with van der Waals surface area (Å²) in [6.07, 6.45) is 9.86. The number of rotatable bonds is 8. The van der Waals surface area contributed by atoms with E-state index in [2.05, 4.69) is 13.0 Å². The predicted molar refractivity (Wildman–Crippen MR) is 77.0 cm³/mol. The molecule has 1 fully saturated rings. The molecule has 3 heteroatoms. The SMILES string of the molecule is C/C(=C\C=O)CCC/C(C)=C/CCC1(C)OCCO1. The highest BCUT2D eigenvalue weighted by Crippen LogP contribution is 2.24. The van der Waals surface area contributed by atoms with Crippen molar-refractivity contribution in [2.45, 2.75) is 58.7 Å². The number of aldehydes is 1. The Kier molecular flexibility index (Phi) is 7.03. The second-order valence-electron chi connectivity index (χ2n) is 5.42. The quantitative estimate of drug-likeness (QED) is 0.381. The second-order valence-corrected chi connectivity index (χ2v) is 5.42. The number of hydrogen-bond donors (Lipinski definition) is 0. The first kappa shape index (κ1) is 16.1. The van der Waals surface area contributed by atoms with E-state index in [1.165, 1.54) is 5.57 Å². The van der Waals surface area contributed by atoms with E-state index >= 15 is 0 Å². The van der Waals surface area contributed by atoms with Crippen LogP contribution in [0.1, 0.15) is 52.9 Å². The summed E-state index contributed by atoms with van der Waals surface area (Å²) in [6.45, 7) is 7.60. The highest BCUT2D eigenvalue weighted by Gasteiger charge is 2.29. The van der Waals surface area contributed by atoms with Crippen LogP contribution in [0.4, 0.5) is 0 Å². The molecule has 0 radical (unpaired) electrons. The summed E-state index contributed by atoms with van der Waals surface area (Å²) in [5.74, 6) is -0.375. The fourth-order valence-electron chi connectivity index (χ4n) is 2.23. The summed E-state index contributed by atoms with van der Waals surface area (Å²) >= 11 is 0. The van der Waals surface area contributed by atoms with Gasteiger partial charge in [-0.1, -0.05) is 17.2 Å². The van der Waals surface area contributed by atoms with Crippen LogP contribution in [-0.2, 0) is 14.3 Å². The lowest BCUT2D eigenvalue weighted by Crippen LogP contribution is -2.24. The Morgan fingerprint density at radius 1 is 1.16 bits per heavy atom. The van der Waals surface area contributed by atoms with Gasteiger partial charge >= 0.3 is 0 Å². The molecule has 0 saturated carbocycles. The highest BCUT2D eigenvalue weighted by atomic mass is 16.7. The minimum atomic E-state index is -0.375. The van der Waals surface area contributed by atoms with Gasteiger partial charge in [-0.3, -0.25) is 4.79 Å². The highest BCUT2D eigenvalue weighted by molar-refractivity contribution is 5.65. The third-order valence-electron chi connectivity index (χ3n) is 3.48. The molecule has 1 aliphatic heterocycles. The molecule has 0 N–H and O–H groups in total. The van der Waals surface area contributed by atoms with Crippen LogP contribution in [0, 0.1) is 0 Å². The van der Waals surface area contributed by atoms with E-state index in [4.69, 9.17) is 9.47 Å². The molecule has 0 aromatic rings. The fraction of sp³-hybridized carbons (Fsp3) is 0.688. The summed E-state index contributed by atoms with van der Waals surface area (Å²) in [5.41, 5.74) is 2.56. The molecule has 19 heavy (non-hydrogen) atoms. The Morgan fingerprint density at radius 3 is 2.42 bits per heavy atom. The Balaban J connectivity index is 2.18. The number of carbonyl (C=O) groups excluding carboxylic acids is 1. The maximum Gasteiger partial charge on any atom is 0.166 e. The average Bonchev–Trinajstić information content (AvgIpc) is 2.76. The minimum absolute atomic E-state index is 0.375. The van der Waals surface area contributed by atoms with Crippen molar-refractivity contribution in [1.29, 1.82) is 0 Å². The van der Waals surface area contributed by atoms with E-state index in [0.29, 0.717) is 13.2 Å². The molecule has 0 spiro atoms. The summed E-state index contributed by atoms with van der Waals surface area (Å²) in [4.78, 5) is 10.3. The van der Waals surface area contributed by atoms with Gasteiger partial charge in [-0.2, -0.15) is 0 Å². The molecular formula is C16H26O3. The molecule has 108 valence electrons. The molecule has 0 atom stereocenters. The normalized spacial score (nSPS) is 19.7. The molecule has 3 nitrogen and oxygen atoms in total. The summed E-state index contributed by atoms with van der Waals surface area (Å²) < 4.78 is 11.1. The van der Waals surface area contributed by atoms with Crippen LogP contribution in [0.25, 0.3) is 0 Å². The van der Waals surface area contributed by atoms with Gasteiger partial charge in [-0.05, 0) is 52.5 Å². The monoisotopic (exact) mass is 266 g/mol. The third-order valence-corrected chi connectivity index (χ3v) is 3.48. The number of ether oxygens (including phenoxy) is 2. The lowest BCUT2D eigenvalue weighted by molar-refractivity contribution is -0.145. The van der Waals surface area contributed by atoms with E-state index in [0.717, 1.165) is 44.0 Å². The Bertz CT molecular complexity index is 336. The summed E-state index contributed by atoms with van der Waals surface area (Å²) in [5, 5.41) is 0. The van der Waals surface area contributed by atoms with Gasteiger partial charge in [-0.25, -0.2) is 0 Å². The molecular weight excluding hydrogens is 240 g/mol. The molecule has 1 heterocycles. The fourth-order valence-corrected chi connectivity index (χ4v) is 2.23. The molecule has 1 saturated heterocycles. The zero-order chi connectivity index (χ0) is 14.1. The van der Waals surface area contributed by atoms with Gasteiger partial charge in [-0.15, -0.1) is 0 Å². The number of hydrogen-bond acceptors (Lipinski definition) is 3. The zero-order valence-electron chi connectivity index (χ0n) is 12.4. The maximum atomic E-state index is 10.3. The maximum absolute atomic E-state index is 10.3. The largest absolute Gasteiger partial charge is 0.348 e. The summed E-state index contributed by atoms with van der Waals surface area (Å²) in [7, 11) is 0. The first-order valence-corrected chi connectivity index (χ1v) is 7.10. The second kappa shape index (κ2) is 8.28. The van der Waals surface area contributed by atoms with Gasteiger partial charge in [0.15, 0.2) is 5.79 Å². The van der Waals surface area contributed by atoms with Crippen molar-refractivity contribution < 1.29 is 14.3 Å². The van der Waals surface area contributed by atoms with E-state index < -0.39 is 0 Å².